The Morgan fingerprint density at radius 3 is 2.46 bits per heavy atom. The Labute approximate surface area is 158 Å². The maximum absolute atomic E-state index is 10.4. The average Bonchev–Trinajstić information content (AvgIpc) is 3.33. The van der Waals surface area contributed by atoms with E-state index in [1.165, 1.54) is 0 Å². The number of carboxylic acids is 1. The van der Waals surface area contributed by atoms with E-state index in [1.807, 2.05) is 12.2 Å². The molecule has 0 amide bonds. The van der Waals surface area contributed by atoms with Crippen molar-refractivity contribution in [1.82, 2.24) is 0 Å². The monoisotopic (exact) mass is 358 g/mol. The van der Waals surface area contributed by atoms with Gasteiger partial charge in [0.25, 0.3) is 0 Å². The molecule has 1 rings (SSSR count). The van der Waals surface area contributed by atoms with Crippen LogP contribution in [0, 0.1) is 5.92 Å². The van der Waals surface area contributed by atoms with Crippen LogP contribution >= 0.6 is 0 Å². The first-order valence-electron chi connectivity index (χ1n) is 9.79. The molecule has 1 saturated heterocycles. The molecule has 0 bridgehead atoms. The summed E-state index contributed by atoms with van der Waals surface area (Å²) in [7, 11) is 0. The van der Waals surface area contributed by atoms with E-state index in [4.69, 9.17) is 9.84 Å². The van der Waals surface area contributed by atoms with Gasteiger partial charge in [-0.25, -0.2) is 0 Å². The third-order valence-electron chi connectivity index (χ3n) is 4.15. The molecule has 1 aliphatic heterocycles. The predicted molar refractivity (Wildman–Crippen MR) is 109 cm³/mol. The highest BCUT2D eigenvalue weighted by atomic mass is 16.6. The van der Waals surface area contributed by atoms with Crippen LogP contribution in [0.5, 0.6) is 0 Å². The average molecular weight is 359 g/mol. The molecular formula is C23H34O3. The normalized spacial score (nSPS) is 21.8. The number of allylic oxidation sites excluding steroid dienone is 9. The van der Waals surface area contributed by atoms with Gasteiger partial charge in [0.05, 0.1) is 12.2 Å². The van der Waals surface area contributed by atoms with Crippen LogP contribution in [0.2, 0.25) is 0 Å². The molecule has 1 fully saturated rings. The molecule has 0 aromatic carbocycles. The van der Waals surface area contributed by atoms with Crippen molar-refractivity contribution in [2.24, 2.45) is 5.92 Å². The number of hydrogen-bond donors (Lipinski definition) is 1. The van der Waals surface area contributed by atoms with Crippen LogP contribution in [0.1, 0.15) is 58.8 Å². The molecule has 144 valence electrons. The molecule has 0 spiro atoms. The summed E-state index contributed by atoms with van der Waals surface area (Å²) in [6.45, 7) is 4.36. The summed E-state index contributed by atoms with van der Waals surface area (Å²) >= 11 is 0. The first-order chi connectivity index (χ1) is 12.6. The summed E-state index contributed by atoms with van der Waals surface area (Å²) in [6.07, 6.45) is 27.9. The Kier molecular flexibility index (Phi) is 12.2. The van der Waals surface area contributed by atoms with E-state index in [0.717, 1.165) is 32.1 Å². The van der Waals surface area contributed by atoms with Crippen molar-refractivity contribution in [3.8, 4) is 0 Å². The molecule has 0 aromatic heterocycles. The second-order valence-electron chi connectivity index (χ2n) is 6.70. The first-order valence-corrected chi connectivity index (χ1v) is 9.79. The fraction of sp³-hybridized carbons (Fsp3) is 0.522. The zero-order valence-electron chi connectivity index (χ0n) is 16.2. The van der Waals surface area contributed by atoms with Crippen molar-refractivity contribution in [1.29, 1.82) is 0 Å². The third kappa shape index (κ3) is 12.5. The van der Waals surface area contributed by atoms with Gasteiger partial charge >= 0.3 is 5.97 Å². The van der Waals surface area contributed by atoms with Gasteiger partial charge in [0.2, 0.25) is 0 Å². The Bertz CT molecular complexity index is 526. The fourth-order valence-corrected chi connectivity index (χ4v) is 2.62. The topological polar surface area (TPSA) is 49.8 Å². The van der Waals surface area contributed by atoms with Crippen LogP contribution in [-0.2, 0) is 9.53 Å². The van der Waals surface area contributed by atoms with Gasteiger partial charge in [-0.05, 0) is 44.4 Å². The number of aliphatic carboxylic acids is 1. The molecule has 1 heterocycles. The summed E-state index contributed by atoms with van der Waals surface area (Å²) in [5, 5.41) is 8.57. The van der Waals surface area contributed by atoms with Crippen LogP contribution in [-0.4, -0.2) is 23.3 Å². The summed E-state index contributed by atoms with van der Waals surface area (Å²) in [6, 6.07) is 0. The highest BCUT2D eigenvalue weighted by Crippen LogP contribution is 2.31. The molecule has 0 saturated carbocycles. The zero-order chi connectivity index (χ0) is 19.0. The van der Waals surface area contributed by atoms with Crippen molar-refractivity contribution in [2.75, 3.05) is 0 Å². The van der Waals surface area contributed by atoms with E-state index in [2.05, 4.69) is 62.5 Å². The van der Waals surface area contributed by atoms with Crippen molar-refractivity contribution < 1.29 is 14.6 Å². The van der Waals surface area contributed by atoms with Gasteiger partial charge in [-0.2, -0.15) is 0 Å². The minimum atomic E-state index is -0.745. The maximum Gasteiger partial charge on any atom is 0.303 e. The summed E-state index contributed by atoms with van der Waals surface area (Å²) in [5.41, 5.74) is 0. The van der Waals surface area contributed by atoms with Crippen LogP contribution in [0.4, 0.5) is 0 Å². The largest absolute Gasteiger partial charge is 0.481 e. The van der Waals surface area contributed by atoms with Crippen molar-refractivity contribution >= 4 is 5.97 Å². The van der Waals surface area contributed by atoms with Crippen LogP contribution < -0.4 is 0 Å². The number of epoxide rings is 1. The Hall–Kier alpha value is -1.87. The SMILES string of the molecule is CCC=CCC=CCC=CC=CC(C)CC1OC1CC=CCCC(=O)O. The van der Waals surface area contributed by atoms with E-state index < -0.39 is 5.97 Å². The summed E-state index contributed by atoms with van der Waals surface area (Å²) in [5.74, 6) is -0.245. The minimum absolute atomic E-state index is 0.201. The van der Waals surface area contributed by atoms with E-state index in [0.29, 0.717) is 24.5 Å². The van der Waals surface area contributed by atoms with Crippen LogP contribution in [0.3, 0.4) is 0 Å². The minimum Gasteiger partial charge on any atom is -0.481 e. The Morgan fingerprint density at radius 2 is 1.73 bits per heavy atom. The quantitative estimate of drug-likeness (QED) is 0.235. The molecule has 1 N–H and O–H groups in total. The number of rotatable bonds is 14. The maximum atomic E-state index is 10.4. The van der Waals surface area contributed by atoms with E-state index in [-0.39, 0.29) is 6.42 Å². The van der Waals surface area contributed by atoms with E-state index in [1.54, 1.807) is 0 Å². The number of hydrogen-bond acceptors (Lipinski definition) is 2. The number of carbonyl (C=O) groups is 1. The molecule has 1 aliphatic rings. The fourth-order valence-electron chi connectivity index (χ4n) is 2.62. The predicted octanol–water partition coefficient (Wildman–Crippen LogP) is 6.01. The Balaban J connectivity index is 2.07. The molecule has 0 radical (unpaired) electrons. The van der Waals surface area contributed by atoms with Gasteiger partial charge in [0, 0.05) is 6.42 Å². The lowest BCUT2D eigenvalue weighted by Gasteiger charge is -2.01. The smallest absolute Gasteiger partial charge is 0.303 e. The lowest BCUT2D eigenvalue weighted by molar-refractivity contribution is -0.136. The molecule has 0 aromatic rings. The lowest BCUT2D eigenvalue weighted by Crippen LogP contribution is -1.99. The summed E-state index contributed by atoms with van der Waals surface area (Å²) < 4.78 is 5.68. The molecule has 3 unspecified atom stereocenters. The second kappa shape index (κ2) is 14.3. The van der Waals surface area contributed by atoms with Gasteiger partial charge < -0.3 is 9.84 Å². The second-order valence-corrected chi connectivity index (χ2v) is 6.70. The van der Waals surface area contributed by atoms with Crippen molar-refractivity contribution in [3.63, 3.8) is 0 Å². The molecular weight excluding hydrogens is 324 g/mol. The van der Waals surface area contributed by atoms with Crippen LogP contribution in [0.25, 0.3) is 0 Å². The van der Waals surface area contributed by atoms with Gasteiger partial charge in [0.15, 0.2) is 0 Å². The molecule has 3 heteroatoms. The third-order valence-corrected chi connectivity index (χ3v) is 4.15. The molecule has 26 heavy (non-hydrogen) atoms. The zero-order valence-corrected chi connectivity index (χ0v) is 16.2. The standard InChI is InChI=1S/C23H34O3/c1-3-4-5-6-7-8-9-10-11-13-16-20(2)19-22-21(26-22)17-14-12-15-18-23(24)25/h4-5,7-8,10-14,16,20-22H,3,6,9,15,17-19H2,1-2H3,(H,24,25). The van der Waals surface area contributed by atoms with Crippen molar-refractivity contribution in [2.45, 2.75) is 71.0 Å². The number of carboxylic acid groups (broad SMARTS) is 1. The highest BCUT2D eigenvalue weighted by Gasteiger charge is 2.37. The van der Waals surface area contributed by atoms with E-state index in [9.17, 15) is 4.79 Å². The van der Waals surface area contributed by atoms with Crippen molar-refractivity contribution in [3.05, 3.63) is 60.8 Å². The van der Waals surface area contributed by atoms with E-state index >= 15 is 0 Å². The molecule has 3 atom stereocenters. The lowest BCUT2D eigenvalue weighted by atomic mass is 10.0. The van der Waals surface area contributed by atoms with Gasteiger partial charge in [-0.1, -0.05) is 74.6 Å². The van der Waals surface area contributed by atoms with Crippen LogP contribution in [0.15, 0.2) is 60.8 Å². The molecule has 0 aliphatic carbocycles. The van der Waals surface area contributed by atoms with Gasteiger partial charge in [-0.15, -0.1) is 0 Å². The van der Waals surface area contributed by atoms with Gasteiger partial charge in [-0.3, -0.25) is 4.79 Å². The summed E-state index contributed by atoms with van der Waals surface area (Å²) in [4.78, 5) is 10.4. The highest BCUT2D eigenvalue weighted by molar-refractivity contribution is 5.66. The Morgan fingerprint density at radius 1 is 1.00 bits per heavy atom. The van der Waals surface area contributed by atoms with Gasteiger partial charge in [0.1, 0.15) is 0 Å². The number of ether oxygens (including phenoxy) is 1. The molecule has 3 nitrogen and oxygen atoms in total. The first kappa shape index (κ1) is 22.2.